The van der Waals surface area contributed by atoms with Crippen LogP contribution in [0.3, 0.4) is 0 Å². The molecular weight excluding hydrogens is 479 g/mol. The number of sulfonamides is 1. The second kappa shape index (κ2) is 9.94. The van der Waals surface area contributed by atoms with E-state index in [1.54, 1.807) is 18.2 Å². The first kappa shape index (κ1) is 25.1. The van der Waals surface area contributed by atoms with Gasteiger partial charge >= 0.3 is 0 Å². The van der Waals surface area contributed by atoms with Crippen LogP contribution in [-0.2, 0) is 22.9 Å². The highest BCUT2D eigenvalue weighted by Crippen LogP contribution is 2.35. The molecule has 1 aliphatic carbocycles. The first-order chi connectivity index (χ1) is 16.6. The molecular formula is C25H26F3N3O3S. The number of hydrogen-bond donors (Lipinski definition) is 1. The van der Waals surface area contributed by atoms with E-state index in [9.17, 15) is 22.0 Å². The summed E-state index contributed by atoms with van der Waals surface area (Å²) < 4.78 is 70.5. The molecule has 0 unspecified atom stereocenters. The predicted octanol–water partition coefficient (Wildman–Crippen LogP) is 4.26. The van der Waals surface area contributed by atoms with Gasteiger partial charge in [-0.15, -0.1) is 0 Å². The molecule has 0 saturated heterocycles. The monoisotopic (exact) mass is 505 g/mol. The van der Waals surface area contributed by atoms with Gasteiger partial charge < -0.3 is 0 Å². The molecule has 2 aromatic carbocycles. The minimum absolute atomic E-state index is 0.0273. The van der Waals surface area contributed by atoms with Crippen LogP contribution >= 0.6 is 0 Å². The van der Waals surface area contributed by atoms with Crippen LogP contribution in [0.15, 0.2) is 53.6 Å². The van der Waals surface area contributed by atoms with Crippen molar-refractivity contribution in [2.45, 2.75) is 51.1 Å². The van der Waals surface area contributed by atoms with E-state index in [4.69, 9.17) is 0 Å². The topological polar surface area (TPSA) is 81.1 Å². The van der Waals surface area contributed by atoms with Gasteiger partial charge in [-0.05, 0) is 56.4 Å². The summed E-state index contributed by atoms with van der Waals surface area (Å²) in [7, 11) is -4.23. The minimum Gasteiger partial charge on any atom is -0.296 e. The molecule has 1 N–H and O–H groups in total. The van der Waals surface area contributed by atoms with Crippen molar-refractivity contribution < 1.29 is 21.6 Å². The number of aryl methyl sites for hydroxylation is 1. The van der Waals surface area contributed by atoms with Crippen LogP contribution in [0.4, 0.5) is 13.2 Å². The Labute approximate surface area is 201 Å². The van der Waals surface area contributed by atoms with Gasteiger partial charge in [-0.1, -0.05) is 30.3 Å². The van der Waals surface area contributed by atoms with Crippen molar-refractivity contribution in [2.24, 2.45) is 0 Å². The lowest BCUT2D eigenvalue weighted by Crippen LogP contribution is -2.46. The molecule has 0 spiro atoms. The minimum atomic E-state index is -4.23. The van der Waals surface area contributed by atoms with Crippen LogP contribution in [0.25, 0.3) is 11.1 Å². The molecule has 6 nitrogen and oxygen atoms in total. The number of nitrogens with one attached hydrogen (secondary N) is 1. The van der Waals surface area contributed by atoms with Crippen LogP contribution < -0.4 is 10.3 Å². The number of aromatic nitrogens is 2. The number of fused-ring (bicyclic) bond motifs is 1. The molecule has 1 heterocycles. The predicted molar refractivity (Wildman–Crippen MR) is 127 cm³/mol. The van der Waals surface area contributed by atoms with Crippen LogP contribution in [0, 0.1) is 11.6 Å². The quantitative estimate of drug-likeness (QED) is 0.521. The smallest absolute Gasteiger partial charge is 0.257 e. The average Bonchev–Trinajstić information content (AvgIpc) is 2.81. The fourth-order valence-electron chi connectivity index (χ4n) is 4.65. The highest BCUT2D eigenvalue weighted by Gasteiger charge is 2.36. The van der Waals surface area contributed by atoms with Gasteiger partial charge in [0.05, 0.1) is 12.0 Å². The molecule has 0 saturated carbocycles. The zero-order chi connectivity index (χ0) is 25.3. The maximum atomic E-state index is 15.6. The molecule has 10 heteroatoms. The molecule has 186 valence electrons. The summed E-state index contributed by atoms with van der Waals surface area (Å²) in [5.74, 6) is -1.87. The fraction of sp³-hybridized carbons (Fsp3) is 0.360. The summed E-state index contributed by atoms with van der Waals surface area (Å²) in [6.45, 7) is 3.64. The molecule has 35 heavy (non-hydrogen) atoms. The fourth-order valence-corrected chi connectivity index (χ4v) is 5.46. The first-order valence-corrected chi connectivity index (χ1v) is 13.0. The number of halogens is 3. The summed E-state index contributed by atoms with van der Waals surface area (Å²) in [5, 5.41) is 0. The summed E-state index contributed by atoms with van der Waals surface area (Å²) in [5.41, 5.74) is 1.26. The van der Waals surface area contributed by atoms with Gasteiger partial charge in [0.1, 0.15) is 11.6 Å². The molecule has 0 fully saturated rings. The van der Waals surface area contributed by atoms with Crippen molar-refractivity contribution in [3.8, 4) is 11.1 Å². The summed E-state index contributed by atoms with van der Waals surface area (Å²) in [4.78, 5) is 17.8. The van der Waals surface area contributed by atoms with E-state index < -0.39 is 39.6 Å². The Hall–Kier alpha value is -2.98. The van der Waals surface area contributed by atoms with E-state index in [0.717, 1.165) is 0 Å². The molecule has 0 aliphatic heterocycles. The van der Waals surface area contributed by atoms with Crippen LogP contribution in [0.1, 0.15) is 49.0 Å². The zero-order valence-electron chi connectivity index (χ0n) is 19.3. The van der Waals surface area contributed by atoms with Crippen molar-refractivity contribution in [1.29, 1.82) is 0 Å². The van der Waals surface area contributed by atoms with Crippen molar-refractivity contribution in [3.05, 3.63) is 87.6 Å². The van der Waals surface area contributed by atoms with Gasteiger partial charge in [0.15, 0.2) is 0 Å². The molecule has 1 aliphatic rings. The van der Waals surface area contributed by atoms with Gasteiger partial charge in [0, 0.05) is 29.1 Å². The van der Waals surface area contributed by atoms with Crippen molar-refractivity contribution in [1.82, 2.24) is 14.3 Å². The van der Waals surface area contributed by atoms with Crippen molar-refractivity contribution >= 4 is 10.0 Å². The standard InChI is InChI=1S/C25H26F3N3O3S/c1-15(2)31-14-29-22-10-9-21(30-35(33,34)13-26)20(23(22)25(31)32)12-17-6-4-8-19(24(17)28)16-5-3-7-18(27)11-16/h3-8,11,14-15,20-21,30H,9-10,12-13H2,1-2H3/t20-,21-/m0/s1. The Kier molecular flexibility index (Phi) is 7.14. The van der Waals surface area contributed by atoms with E-state index in [0.29, 0.717) is 23.2 Å². The van der Waals surface area contributed by atoms with E-state index in [1.165, 1.54) is 35.2 Å². The third kappa shape index (κ3) is 5.18. The van der Waals surface area contributed by atoms with Gasteiger partial charge in [0.25, 0.3) is 5.56 Å². The Morgan fingerprint density at radius 2 is 1.91 bits per heavy atom. The molecule has 0 bridgehead atoms. The SMILES string of the molecule is CC(C)n1cnc2c(c1=O)[C@@H](Cc1cccc(-c3cccc(F)c3)c1F)[C@@H](NS(=O)(=O)CF)CC2. The van der Waals surface area contributed by atoms with Gasteiger partial charge in [-0.2, -0.15) is 0 Å². The summed E-state index contributed by atoms with van der Waals surface area (Å²) in [6, 6.07) is 7.63. The number of hydrogen-bond acceptors (Lipinski definition) is 4. The molecule has 0 amide bonds. The normalized spacial score (nSPS) is 18.0. The Balaban J connectivity index is 1.82. The lowest BCUT2D eigenvalue weighted by Gasteiger charge is -2.33. The van der Waals surface area contributed by atoms with Crippen LogP contribution in [0.5, 0.6) is 0 Å². The van der Waals surface area contributed by atoms with Crippen molar-refractivity contribution in [3.63, 3.8) is 0 Å². The summed E-state index contributed by atoms with van der Waals surface area (Å²) >= 11 is 0. The second-order valence-corrected chi connectivity index (χ2v) is 10.7. The Morgan fingerprint density at radius 1 is 1.17 bits per heavy atom. The van der Waals surface area contributed by atoms with Gasteiger partial charge in [0.2, 0.25) is 16.0 Å². The molecule has 0 radical (unpaired) electrons. The lowest BCUT2D eigenvalue weighted by atomic mass is 9.78. The maximum Gasteiger partial charge on any atom is 0.257 e. The Bertz CT molecular complexity index is 1410. The lowest BCUT2D eigenvalue weighted by molar-refractivity contribution is 0.404. The number of alkyl halides is 1. The summed E-state index contributed by atoms with van der Waals surface area (Å²) in [6.07, 6.45) is 2.03. The van der Waals surface area contributed by atoms with Gasteiger partial charge in [-0.3, -0.25) is 9.36 Å². The van der Waals surface area contributed by atoms with Crippen LogP contribution in [0.2, 0.25) is 0 Å². The second-order valence-electron chi connectivity index (χ2n) is 9.00. The number of benzene rings is 2. The largest absolute Gasteiger partial charge is 0.296 e. The highest BCUT2D eigenvalue weighted by molar-refractivity contribution is 7.89. The maximum absolute atomic E-state index is 15.6. The average molecular weight is 506 g/mol. The van der Waals surface area contributed by atoms with E-state index >= 15 is 4.39 Å². The third-order valence-corrected chi connectivity index (χ3v) is 7.30. The first-order valence-electron chi connectivity index (χ1n) is 11.3. The molecule has 4 rings (SSSR count). The molecule has 2 atom stereocenters. The van der Waals surface area contributed by atoms with E-state index in [2.05, 4.69) is 9.71 Å². The van der Waals surface area contributed by atoms with Crippen molar-refractivity contribution in [2.75, 3.05) is 6.01 Å². The van der Waals surface area contributed by atoms with E-state index in [-0.39, 0.29) is 35.6 Å². The van der Waals surface area contributed by atoms with E-state index in [1.807, 2.05) is 13.8 Å². The number of nitrogens with zero attached hydrogens (tertiary/aromatic N) is 2. The highest BCUT2D eigenvalue weighted by atomic mass is 32.2. The Morgan fingerprint density at radius 3 is 2.60 bits per heavy atom. The van der Waals surface area contributed by atoms with Gasteiger partial charge in [-0.25, -0.2) is 31.3 Å². The molecule has 1 aromatic heterocycles. The molecule has 3 aromatic rings. The zero-order valence-corrected chi connectivity index (χ0v) is 20.2. The van der Waals surface area contributed by atoms with Crippen LogP contribution in [-0.4, -0.2) is 30.0 Å². The third-order valence-electron chi connectivity index (χ3n) is 6.35. The number of rotatable bonds is 7.